The van der Waals surface area contributed by atoms with Gasteiger partial charge in [0.1, 0.15) is 12.3 Å². The zero-order valence-electron chi connectivity index (χ0n) is 12.0. The minimum Gasteiger partial charge on any atom is -0.494 e. The summed E-state index contributed by atoms with van der Waals surface area (Å²) in [6.07, 6.45) is -0.149. The molecule has 8 nitrogen and oxygen atoms in total. The number of aliphatic carboxylic acids is 1. The molecule has 9 heteroatoms. The summed E-state index contributed by atoms with van der Waals surface area (Å²) >= 11 is 0. The van der Waals surface area contributed by atoms with Crippen molar-refractivity contribution in [1.29, 1.82) is 0 Å². The van der Waals surface area contributed by atoms with Crippen LogP contribution in [0, 0.1) is 0 Å². The van der Waals surface area contributed by atoms with Gasteiger partial charge < -0.3 is 15.2 Å². The van der Waals surface area contributed by atoms with Crippen molar-refractivity contribution in [2.45, 2.75) is 18.2 Å². The molecule has 1 aromatic carbocycles. The van der Waals surface area contributed by atoms with Crippen molar-refractivity contribution < 1.29 is 27.9 Å². The molecular weight excluding hydrogens is 312 g/mol. The number of carboxylic acid groups (broad SMARTS) is 1. The Labute approximate surface area is 128 Å². The van der Waals surface area contributed by atoms with Gasteiger partial charge in [-0.15, -0.1) is 0 Å². The van der Waals surface area contributed by atoms with Crippen LogP contribution in [0.5, 0.6) is 5.75 Å². The van der Waals surface area contributed by atoms with Crippen LogP contribution in [0.1, 0.15) is 13.3 Å². The fraction of sp³-hybridized carbons (Fsp3) is 0.385. The van der Waals surface area contributed by atoms with Gasteiger partial charge in [-0.05, 0) is 31.2 Å². The topological polar surface area (TPSA) is 122 Å². The van der Waals surface area contributed by atoms with Crippen molar-refractivity contribution in [2.75, 3.05) is 19.7 Å². The van der Waals surface area contributed by atoms with Crippen LogP contribution in [0.25, 0.3) is 0 Å². The molecule has 0 aliphatic rings. The van der Waals surface area contributed by atoms with Gasteiger partial charge in [0.05, 0.1) is 11.5 Å². The van der Waals surface area contributed by atoms with E-state index in [9.17, 15) is 18.0 Å². The van der Waals surface area contributed by atoms with E-state index in [-0.39, 0.29) is 17.9 Å². The van der Waals surface area contributed by atoms with Crippen LogP contribution >= 0.6 is 0 Å². The molecule has 0 fully saturated rings. The molecule has 1 amide bonds. The van der Waals surface area contributed by atoms with Gasteiger partial charge in [0.25, 0.3) is 0 Å². The largest absolute Gasteiger partial charge is 0.494 e. The summed E-state index contributed by atoms with van der Waals surface area (Å²) in [7, 11) is -3.72. The molecule has 1 rings (SSSR count). The molecule has 0 saturated carbocycles. The number of carbonyl (C=O) groups excluding carboxylic acids is 1. The fourth-order valence-electron chi connectivity index (χ4n) is 1.53. The summed E-state index contributed by atoms with van der Waals surface area (Å²) in [5.74, 6) is -1.14. The molecule has 0 atom stereocenters. The first-order chi connectivity index (χ1) is 10.3. The van der Waals surface area contributed by atoms with E-state index in [4.69, 9.17) is 9.84 Å². The molecule has 3 N–H and O–H groups in total. The van der Waals surface area contributed by atoms with E-state index in [1.165, 1.54) is 24.3 Å². The minimum absolute atomic E-state index is 0.0573. The second kappa shape index (κ2) is 8.35. The molecule has 122 valence electrons. The molecular formula is C13H18N2O6S. The quantitative estimate of drug-likeness (QED) is 0.584. The van der Waals surface area contributed by atoms with E-state index < -0.39 is 28.4 Å². The predicted molar refractivity (Wildman–Crippen MR) is 78.1 cm³/mol. The number of amides is 1. The molecule has 0 aliphatic carbocycles. The molecule has 0 unspecified atom stereocenters. The Morgan fingerprint density at radius 1 is 1.23 bits per heavy atom. The van der Waals surface area contributed by atoms with E-state index in [0.717, 1.165) is 0 Å². The molecule has 0 radical (unpaired) electrons. The zero-order valence-corrected chi connectivity index (χ0v) is 12.9. The van der Waals surface area contributed by atoms with Crippen molar-refractivity contribution in [1.82, 2.24) is 10.0 Å². The van der Waals surface area contributed by atoms with Crippen LogP contribution < -0.4 is 14.8 Å². The molecule has 0 spiro atoms. The van der Waals surface area contributed by atoms with E-state index >= 15 is 0 Å². The summed E-state index contributed by atoms with van der Waals surface area (Å²) < 4.78 is 31.4. The lowest BCUT2D eigenvalue weighted by Crippen LogP contribution is -2.33. The summed E-state index contributed by atoms with van der Waals surface area (Å²) in [5, 5.41) is 10.5. The van der Waals surface area contributed by atoms with Gasteiger partial charge in [-0.3, -0.25) is 9.59 Å². The minimum atomic E-state index is -3.72. The predicted octanol–water partition coefficient (Wildman–Crippen LogP) is -0.0455. The third-order valence-electron chi connectivity index (χ3n) is 2.53. The number of ether oxygens (including phenoxy) is 1. The average molecular weight is 330 g/mol. The van der Waals surface area contributed by atoms with E-state index in [0.29, 0.717) is 12.4 Å². The smallest absolute Gasteiger partial charge is 0.322 e. The van der Waals surface area contributed by atoms with Crippen LogP contribution in [0.4, 0.5) is 0 Å². The maximum atomic E-state index is 12.0. The Bertz CT molecular complexity index is 612. The summed E-state index contributed by atoms with van der Waals surface area (Å²) in [6, 6.07) is 5.88. The first-order valence-electron chi connectivity index (χ1n) is 6.56. The Hall–Kier alpha value is -2.13. The van der Waals surface area contributed by atoms with Gasteiger partial charge in [0.2, 0.25) is 15.9 Å². The lowest BCUT2D eigenvalue weighted by Gasteiger charge is -2.08. The fourth-order valence-corrected chi connectivity index (χ4v) is 2.56. The normalized spacial score (nSPS) is 11.0. The average Bonchev–Trinajstić information content (AvgIpc) is 2.46. The van der Waals surface area contributed by atoms with E-state index in [1.54, 1.807) is 0 Å². The molecule has 1 aromatic rings. The summed E-state index contributed by atoms with van der Waals surface area (Å²) in [6.45, 7) is 1.68. The lowest BCUT2D eigenvalue weighted by atomic mass is 10.3. The number of hydrogen-bond acceptors (Lipinski definition) is 5. The Balaban J connectivity index is 2.50. The SMILES string of the molecule is CCOc1ccc(S(=O)(=O)NCCC(=O)NCC(=O)O)cc1. The monoisotopic (exact) mass is 330 g/mol. The van der Waals surface area contributed by atoms with Gasteiger partial charge in [-0.2, -0.15) is 0 Å². The highest BCUT2D eigenvalue weighted by Gasteiger charge is 2.14. The maximum Gasteiger partial charge on any atom is 0.322 e. The Morgan fingerprint density at radius 2 is 1.86 bits per heavy atom. The molecule has 22 heavy (non-hydrogen) atoms. The van der Waals surface area contributed by atoms with Gasteiger partial charge in [0, 0.05) is 13.0 Å². The van der Waals surface area contributed by atoms with Crippen LogP contribution in [0.3, 0.4) is 0 Å². The van der Waals surface area contributed by atoms with Crippen LogP contribution in [0.2, 0.25) is 0 Å². The van der Waals surface area contributed by atoms with Gasteiger partial charge in [0.15, 0.2) is 0 Å². The lowest BCUT2D eigenvalue weighted by molar-refractivity contribution is -0.137. The second-order valence-corrected chi connectivity index (χ2v) is 5.99. The highest BCUT2D eigenvalue weighted by atomic mass is 32.2. The molecule has 0 heterocycles. The van der Waals surface area contributed by atoms with Crippen molar-refractivity contribution in [2.24, 2.45) is 0 Å². The van der Waals surface area contributed by atoms with Crippen molar-refractivity contribution in [3.63, 3.8) is 0 Å². The number of rotatable bonds is 9. The standard InChI is InChI=1S/C13H18N2O6S/c1-2-21-10-3-5-11(6-4-10)22(19,20)15-8-7-12(16)14-9-13(17)18/h3-6,15H,2,7-9H2,1H3,(H,14,16)(H,17,18). The maximum absolute atomic E-state index is 12.0. The van der Waals surface area contributed by atoms with E-state index in [1.807, 2.05) is 6.92 Å². The Kier molecular flexibility index (Phi) is 6.80. The summed E-state index contributed by atoms with van der Waals surface area (Å²) in [5.41, 5.74) is 0. The first-order valence-corrected chi connectivity index (χ1v) is 8.04. The van der Waals surface area contributed by atoms with Crippen molar-refractivity contribution in [3.05, 3.63) is 24.3 Å². The zero-order chi connectivity index (χ0) is 16.6. The third kappa shape index (κ3) is 6.10. The molecule has 0 aromatic heterocycles. The van der Waals surface area contributed by atoms with Crippen molar-refractivity contribution >= 4 is 21.9 Å². The van der Waals surface area contributed by atoms with Gasteiger partial charge in [-0.1, -0.05) is 0 Å². The number of nitrogens with one attached hydrogen (secondary N) is 2. The van der Waals surface area contributed by atoms with Crippen LogP contribution in [-0.2, 0) is 19.6 Å². The number of hydrogen-bond donors (Lipinski definition) is 3. The number of sulfonamides is 1. The highest BCUT2D eigenvalue weighted by molar-refractivity contribution is 7.89. The molecule has 0 aliphatic heterocycles. The number of benzene rings is 1. The Morgan fingerprint density at radius 3 is 2.41 bits per heavy atom. The highest BCUT2D eigenvalue weighted by Crippen LogP contribution is 2.15. The van der Waals surface area contributed by atoms with Crippen LogP contribution in [-0.4, -0.2) is 45.1 Å². The number of carbonyl (C=O) groups is 2. The first kappa shape index (κ1) is 17.9. The van der Waals surface area contributed by atoms with Gasteiger partial charge in [-0.25, -0.2) is 13.1 Å². The van der Waals surface area contributed by atoms with Crippen LogP contribution in [0.15, 0.2) is 29.2 Å². The second-order valence-electron chi connectivity index (χ2n) is 4.22. The molecule has 0 saturated heterocycles. The van der Waals surface area contributed by atoms with Gasteiger partial charge >= 0.3 is 5.97 Å². The third-order valence-corrected chi connectivity index (χ3v) is 4.00. The number of carboxylic acids is 1. The van der Waals surface area contributed by atoms with E-state index in [2.05, 4.69) is 10.0 Å². The van der Waals surface area contributed by atoms with Crippen molar-refractivity contribution in [3.8, 4) is 5.75 Å². The molecule has 0 bridgehead atoms. The summed E-state index contributed by atoms with van der Waals surface area (Å²) in [4.78, 5) is 21.6.